The van der Waals surface area contributed by atoms with Crippen LogP contribution in [0.25, 0.3) is 0 Å². The highest BCUT2D eigenvalue weighted by Gasteiger charge is 2.07. The molecule has 0 heterocycles. The van der Waals surface area contributed by atoms with Crippen LogP contribution in [0.4, 0.5) is 0 Å². The number of ether oxygens (including phenoxy) is 2. The highest BCUT2D eigenvalue weighted by Crippen LogP contribution is 2.03. The van der Waals surface area contributed by atoms with Crippen molar-refractivity contribution in [2.75, 3.05) is 26.4 Å². The third-order valence-electron chi connectivity index (χ3n) is 2.87. The predicted molar refractivity (Wildman–Crippen MR) is 92.2 cm³/mol. The monoisotopic (exact) mass is 346 g/mol. The number of aliphatic hydroxyl groups is 2. The van der Waals surface area contributed by atoms with Crippen LogP contribution >= 0.6 is 0 Å². The second-order valence-electron chi connectivity index (χ2n) is 4.80. The number of carbonyl (C=O) groups excluding carboxylic acids is 2. The topological polar surface area (TPSA) is 93.1 Å². The molecule has 0 unspecified atom stereocenters. The minimum Gasteiger partial charge on any atom is -0.462 e. The van der Waals surface area contributed by atoms with Gasteiger partial charge in [-0.3, -0.25) is 0 Å². The molecule has 0 aliphatic heterocycles. The van der Waals surface area contributed by atoms with E-state index in [0.29, 0.717) is 17.5 Å². The van der Waals surface area contributed by atoms with Crippen LogP contribution in [0.1, 0.15) is 27.1 Å². The number of benzene rings is 2. The zero-order chi connectivity index (χ0) is 18.3. The molecule has 0 radical (unpaired) electrons. The number of rotatable bonds is 7. The molecule has 0 aliphatic rings. The zero-order valence-corrected chi connectivity index (χ0v) is 13.8. The van der Waals surface area contributed by atoms with Crippen LogP contribution in [0.5, 0.6) is 0 Å². The molecule has 0 fully saturated rings. The van der Waals surface area contributed by atoms with Gasteiger partial charge in [0.25, 0.3) is 0 Å². The van der Waals surface area contributed by atoms with E-state index in [0.717, 1.165) is 0 Å². The normalized spacial score (nSPS) is 9.52. The Bertz CT molecular complexity index is 557. The van der Waals surface area contributed by atoms with E-state index < -0.39 is 0 Å². The third kappa shape index (κ3) is 8.64. The molecule has 0 saturated carbocycles. The summed E-state index contributed by atoms with van der Waals surface area (Å²) >= 11 is 0. The summed E-state index contributed by atoms with van der Waals surface area (Å²) in [6.45, 7) is 0.186. The van der Waals surface area contributed by atoms with Gasteiger partial charge in [-0.25, -0.2) is 9.59 Å². The van der Waals surface area contributed by atoms with E-state index >= 15 is 0 Å². The second kappa shape index (κ2) is 12.7. The van der Waals surface area contributed by atoms with Crippen LogP contribution < -0.4 is 0 Å². The van der Waals surface area contributed by atoms with Crippen molar-refractivity contribution in [3.8, 4) is 0 Å². The first kappa shape index (κ1) is 20.3. The molecule has 25 heavy (non-hydrogen) atoms. The summed E-state index contributed by atoms with van der Waals surface area (Å²) in [5.74, 6) is -0.741. The van der Waals surface area contributed by atoms with E-state index in [-0.39, 0.29) is 38.4 Å². The number of hydrogen-bond acceptors (Lipinski definition) is 6. The Hall–Kier alpha value is -2.70. The molecule has 134 valence electrons. The van der Waals surface area contributed by atoms with Gasteiger partial charge in [-0.15, -0.1) is 0 Å². The lowest BCUT2D eigenvalue weighted by atomic mass is 10.2. The van der Waals surface area contributed by atoms with Crippen LogP contribution in [0.3, 0.4) is 0 Å². The molecule has 6 nitrogen and oxygen atoms in total. The summed E-state index contributed by atoms with van der Waals surface area (Å²) in [5, 5.41) is 15.2. The SMILES string of the molecule is O=C(OCCCOC(=O)c1ccccc1)c1ccccc1.OCCO. The van der Waals surface area contributed by atoms with Gasteiger partial charge in [-0.05, 0) is 24.3 Å². The van der Waals surface area contributed by atoms with Gasteiger partial charge in [0.15, 0.2) is 0 Å². The van der Waals surface area contributed by atoms with Crippen LogP contribution in [0.2, 0.25) is 0 Å². The Morgan fingerprint density at radius 1 is 0.680 bits per heavy atom. The molecule has 0 spiro atoms. The van der Waals surface area contributed by atoms with Crippen molar-refractivity contribution in [1.82, 2.24) is 0 Å². The number of hydrogen-bond donors (Lipinski definition) is 2. The number of esters is 2. The largest absolute Gasteiger partial charge is 0.462 e. The highest BCUT2D eigenvalue weighted by atomic mass is 16.5. The fourth-order valence-electron chi connectivity index (χ4n) is 1.70. The lowest BCUT2D eigenvalue weighted by molar-refractivity contribution is 0.0396. The average Bonchev–Trinajstić information content (AvgIpc) is 2.69. The van der Waals surface area contributed by atoms with E-state index in [9.17, 15) is 9.59 Å². The molecule has 0 atom stereocenters. The molecule has 0 saturated heterocycles. The van der Waals surface area contributed by atoms with Gasteiger partial charge >= 0.3 is 11.9 Å². The number of carbonyl (C=O) groups is 2. The summed E-state index contributed by atoms with van der Waals surface area (Å²) in [4.78, 5) is 23.3. The standard InChI is InChI=1S/C17H16O4.C2H6O2/c18-16(14-8-3-1-4-9-14)20-12-7-13-21-17(19)15-10-5-2-6-11-15;3-1-2-4/h1-6,8-11H,7,12-13H2;3-4H,1-2H2. The Labute approximate surface area is 146 Å². The van der Waals surface area contributed by atoms with E-state index in [4.69, 9.17) is 19.7 Å². The lowest BCUT2D eigenvalue weighted by Crippen LogP contribution is -2.11. The van der Waals surface area contributed by atoms with Gasteiger partial charge in [0.2, 0.25) is 0 Å². The molecule has 0 aliphatic carbocycles. The molecule has 6 heteroatoms. The van der Waals surface area contributed by atoms with Crippen LogP contribution in [0.15, 0.2) is 60.7 Å². The fraction of sp³-hybridized carbons (Fsp3) is 0.263. The summed E-state index contributed by atoms with van der Waals surface area (Å²) < 4.78 is 10.2. The van der Waals surface area contributed by atoms with E-state index in [1.807, 2.05) is 12.1 Å². The molecule has 2 aromatic carbocycles. The Morgan fingerprint density at radius 2 is 1.04 bits per heavy atom. The van der Waals surface area contributed by atoms with Crippen molar-refractivity contribution in [3.05, 3.63) is 71.8 Å². The minimum absolute atomic E-state index is 0.125. The lowest BCUT2D eigenvalue weighted by Gasteiger charge is -2.06. The Morgan fingerprint density at radius 3 is 1.36 bits per heavy atom. The summed E-state index contributed by atoms with van der Waals surface area (Å²) in [6, 6.07) is 17.5. The Balaban J connectivity index is 0.000000705. The average molecular weight is 346 g/mol. The van der Waals surface area contributed by atoms with Crippen molar-refractivity contribution >= 4 is 11.9 Å². The van der Waals surface area contributed by atoms with E-state index in [1.54, 1.807) is 48.5 Å². The van der Waals surface area contributed by atoms with Gasteiger partial charge < -0.3 is 19.7 Å². The van der Waals surface area contributed by atoms with Crippen LogP contribution in [0, 0.1) is 0 Å². The molecular weight excluding hydrogens is 324 g/mol. The molecule has 0 amide bonds. The van der Waals surface area contributed by atoms with Crippen LogP contribution in [-0.2, 0) is 9.47 Å². The maximum absolute atomic E-state index is 11.6. The van der Waals surface area contributed by atoms with Crippen molar-refractivity contribution in [2.45, 2.75) is 6.42 Å². The summed E-state index contributed by atoms with van der Waals surface area (Å²) in [6.07, 6.45) is 0.469. The van der Waals surface area contributed by atoms with Crippen molar-refractivity contribution in [2.24, 2.45) is 0 Å². The van der Waals surface area contributed by atoms with Gasteiger partial charge in [-0.2, -0.15) is 0 Å². The highest BCUT2D eigenvalue weighted by molar-refractivity contribution is 5.89. The quantitative estimate of drug-likeness (QED) is 0.589. The molecule has 0 bridgehead atoms. The van der Waals surface area contributed by atoms with Crippen LogP contribution in [-0.4, -0.2) is 48.6 Å². The maximum atomic E-state index is 11.6. The van der Waals surface area contributed by atoms with Crippen molar-refractivity contribution in [3.63, 3.8) is 0 Å². The molecule has 2 aromatic rings. The van der Waals surface area contributed by atoms with Gasteiger partial charge in [0.05, 0.1) is 37.6 Å². The fourth-order valence-corrected chi connectivity index (χ4v) is 1.70. The van der Waals surface area contributed by atoms with Crippen molar-refractivity contribution in [1.29, 1.82) is 0 Å². The third-order valence-corrected chi connectivity index (χ3v) is 2.87. The summed E-state index contributed by atoms with van der Waals surface area (Å²) in [7, 11) is 0. The smallest absolute Gasteiger partial charge is 0.338 e. The second-order valence-corrected chi connectivity index (χ2v) is 4.80. The first-order chi connectivity index (χ1) is 12.2. The Kier molecular flexibility index (Phi) is 10.3. The van der Waals surface area contributed by atoms with Gasteiger partial charge in [-0.1, -0.05) is 36.4 Å². The first-order valence-electron chi connectivity index (χ1n) is 7.85. The first-order valence-corrected chi connectivity index (χ1v) is 7.85. The molecule has 0 aromatic heterocycles. The van der Waals surface area contributed by atoms with Gasteiger partial charge in [0, 0.05) is 6.42 Å². The molecule has 2 rings (SSSR count). The van der Waals surface area contributed by atoms with E-state index in [2.05, 4.69) is 0 Å². The zero-order valence-electron chi connectivity index (χ0n) is 13.8. The van der Waals surface area contributed by atoms with E-state index in [1.165, 1.54) is 0 Å². The molecular formula is C19H22O6. The van der Waals surface area contributed by atoms with Crippen molar-refractivity contribution < 1.29 is 29.3 Å². The van der Waals surface area contributed by atoms with Gasteiger partial charge in [0.1, 0.15) is 0 Å². The predicted octanol–water partition coefficient (Wildman–Crippen LogP) is 2.06. The molecule has 2 N–H and O–H groups in total. The minimum atomic E-state index is -0.370. The maximum Gasteiger partial charge on any atom is 0.338 e. The number of aliphatic hydroxyl groups excluding tert-OH is 2. The summed E-state index contributed by atoms with van der Waals surface area (Å²) in [5.41, 5.74) is 1.03.